The molecular formula is C23H16O2. The predicted molar refractivity (Wildman–Crippen MR) is 100 cm³/mol. The second-order valence-electron chi connectivity index (χ2n) is 5.45. The minimum absolute atomic E-state index is 0.0105. The summed E-state index contributed by atoms with van der Waals surface area (Å²) in [5, 5.41) is 9.70. The van der Waals surface area contributed by atoms with Gasteiger partial charge in [-0.3, -0.25) is 4.79 Å². The van der Waals surface area contributed by atoms with Gasteiger partial charge in [-0.15, -0.1) is 0 Å². The van der Waals surface area contributed by atoms with E-state index in [4.69, 9.17) is 0 Å². The van der Waals surface area contributed by atoms with E-state index in [1.807, 2.05) is 54.6 Å². The quantitative estimate of drug-likeness (QED) is 0.431. The van der Waals surface area contributed by atoms with Gasteiger partial charge in [0.25, 0.3) is 0 Å². The van der Waals surface area contributed by atoms with Crippen LogP contribution in [0.3, 0.4) is 0 Å². The van der Waals surface area contributed by atoms with Crippen molar-refractivity contribution in [1.82, 2.24) is 0 Å². The van der Waals surface area contributed by atoms with Gasteiger partial charge >= 0.3 is 0 Å². The van der Waals surface area contributed by atoms with Crippen LogP contribution >= 0.6 is 0 Å². The molecule has 3 aromatic rings. The molecule has 0 saturated carbocycles. The Morgan fingerprint density at radius 1 is 0.760 bits per heavy atom. The topological polar surface area (TPSA) is 37.3 Å². The molecule has 120 valence electrons. The van der Waals surface area contributed by atoms with E-state index >= 15 is 0 Å². The number of aromatic hydroxyl groups is 1. The van der Waals surface area contributed by atoms with Gasteiger partial charge in [0, 0.05) is 11.1 Å². The van der Waals surface area contributed by atoms with Crippen LogP contribution in [-0.4, -0.2) is 10.9 Å². The van der Waals surface area contributed by atoms with E-state index in [1.165, 1.54) is 12.1 Å². The number of carbonyl (C=O) groups is 1. The molecule has 25 heavy (non-hydrogen) atoms. The summed E-state index contributed by atoms with van der Waals surface area (Å²) in [6.45, 7) is 0. The van der Waals surface area contributed by atoms with E-state index in [0.717, 1.165) is 16.7 Å². The molecule has 0 aromatic heterocycles. The van der Waals surface area contributed by atoms with E-state index in [2.05, 4.69) is 11.8 Å². The third-order valence-corrected chi connectivity index (χ3v) is 3.63. The number of hydrogen-bond donors (Lipinski definition) is 1. The number of phenolic OH excluding ortho intramolecular Hbond substituents is 1. The first-order valence-electron chi connectivity index (χ1n) is 7.90. The van der Waals surface area contributed by atoms with E-state index in [9.17, 15) is 9.90 Å². The standard InChI is InChI=1S/C23H16O2/c24-22-9-5-4-8-21(22)23(25)17-16-20-14-12-19(13-15-20)11-10-18-6-2-1-3-7-18/h1-9,12-17,24H. The Morgan fingerprint density at radius 3 is 2.04 bits per heavy atom. The summed E-state index contributed by atoms with van der Waals surface area (Å²) in [5.41, 5.74) is 3.07. The smallest absolute Gasteiger partial charge is 0.189 e. The first-order valence-corrected chi connectivity index (χ1v) is 7.90. The van der Waals surface area contributed by atoms with E-state index in [-0.39, 0.29) is 11.5 Å². The van der Waals surface area contributed by atoms with Crippen LogP contribution in [0, 0.1) is 11.8 Å². The number of benzene rings is 3. The fraction of sp³-hybridized carbons (Fsp3) is 0. The molecule has 0 saturated heterocycles. The zero-order valence-electron chi connectivity index (χ0n) is 13.5. The Balaban J connectivity index is 1.70. The Morgan fingerprint density at radius 2 is 1.36 bits per heavy atom. The van der Waals surface area contributed by atoms with Crippen molar-refractivity contribution in [3.8, 4) is 17.6 Å². The highest BCUT2D eigenvalue weighted by Crippen LogP contribution is 2.17. The highest BCUT2D eigenvalue weighted by Gasteiger charge is 2.06. The molecular weight excluding hydrogens is 308 g/mol. The van der Waals surface area contributed by atoms with Crippen molar-refractivity contribution >= 4 is 11.9 Å². The van der Waals surface area contributed by atoms with Crippen molar-refractivity contribution in [3.05, 3.63) is 107 Å². The van der Waals surface area contributed by atoms with Crippen molar-refractivity contribution in [2.45, 2.75) is 0 Å². The largest absolute Gasteiger partial charge is 0.507 e. The maximum absolute atomic E-state index is 12.1. The van der Waals surface area contributed by atoms with Crippen LogP contribution in [0.1, 0.15) is 27.0 Å². The summed E-state index contributed by atoms with van der Waals surface area (Å²) in [6, 6.07) is 24.0. The van der Waals surface area contributed by atoms with Crippen LogP contribution in [-0.2, 0) is 0 Å². The summed E-state index contributed by atoms with van der Waals surface area (Å²) in [4.78, 5) is 12.1. The highest BCUT2D eigenvalue weighted by molar-refractivity contribution is 6.08. The first kappa shape index (κ1) is 16.3. The third-order valence-electron chi connectivity index (χ3n) is 3.63. The average Bonchev–Trinajstić information content (AvgIpc) is 2.66. The van der Waals surface area contributed by atoms with Crippen molar-refractivity contribution in [3.63, 3.8) is 0 Å². The molecule has 0 bridgehead atoms. The highest BCUT2D eigenvalue weighted by atomic mass is 16.3. The van der Waals surface area contributed by atoms with Crippen LogP contribution < -0.4 is 0 Å². The molecule has 0 unspecified atom stereocenters. The minimum Gasteiger partial charge on any atom is -0.507 e. The van der Waals surface area contributed by atoms with Crippen molar-refractivity contribution in [2.24, 2.45) is 0 Å². The van der Waals surface area contributed by atoms with E-state index in [1.54, 1.807) is 24.3 Å². The Labute approximate surface area is 147 Å². The number of ketones is 1. The molecule has 0 atom stereocenters. The number of para-hydroxylation sites is 1. The molecule has 0 radical (unpaired) electrons. The lowest BCUT2D eigenvalue weighted by atomic mass is 10.1. The second-order valence-corrected chi connectivity index (χ2v) is 5.45. The van der Waals surface area contributed by atoms with Gasteiger partial charge in [-0.25, -0.2) is 0 Å². The van der Waals surface area contributed by atoms with Gasteiger partial charge < -0.3 is 5.11 Å². The zero-order chi connectivity index (χ0) is 17.5. The molecule has 0 aliphatic heterocycles. The third kappa shape index (κ3) is 4.46. The number of hydrogen-bond acceptors (Lipinski definition) is 2. The Hall–Kier alpha value is -3.57. The molecule has 0 aliphatic rings. The molecule has 0 heterocycles. The summed E-state index contributed by atoms with van der Waals surface area (Å²) in [6.07, 6.45) is 3.18. The molecule has 1 N–H and O–H groups in total. The normalized spacial score (nSPS) is 10.2. The van der Waals surface area contributed by atoms with Gasteiger partial charge in [-0.2, -0.15) is 0 Å². The molecule has 3 aromatic carbocycles. The van der Waals surface area contributed by atoms with Crippen LogP contribution in [0.15, 0.2) is 84.9 Å². The molecule has 2 heteroatoms. The second kappa shape index (κ2) is 7.81. The van der Waals surface area contributed by atoms with Gasteiger partial charge in [0.15, 0.2) is 5.78 Å². The van der Waals surface area contributed by atoms with Crippen molar-refractivity contribution < 1.29 is 9.90 Å². The zero-order valence-corrected chi connectivity index (χ0v) is 13.5. The minimum atomic E-state index is -0.231. The van der Waals surface area contributed by atoms with Crippen LogP contribution in [0.5, 0.6) is 5.75 Å². The fourth-order valence-corrected chi connectivity index (χ4v) is 2.29. The monoisotopic (exact) mass is 324 g/mol. The summed E-state index contributed by atoms with van der Waals surface area (Å²) in [5.74, 6) is 5.98. The van der Waals surface area contributed by atoms with Gasteiger partial charge in [-0.1, -0.05) is 60.4 Å². The van der Waals surface area contributed by atoms with Crippen LogP contribution in [0.4, 0.5) is 0 Å². The maximum Gasteiger partial charge on any atom is 0.189 e. The molecule has 0 amide bonds. The fourth-order valence-electron chi connectivity index (χ4n) is 2.29. The van der Waals surface area contributed by atoms with Crippen molar-refractivity contribution in [2.75, 3.05) is 0 Å². The van der Waals surface area contributed by atoms with Gasteiger partial charge in [0.05, 0.1) is 5.56 Å². The summed E-state index contributed by atoms with van der Waals surface area (Å²) < 4.78 is 0. The number of rotatable bonds is 3. The Kier molecular flexibility index (Phi) is 5.09. The predicted octanol–water partition coefficient (Wildman–Crippen LogP) is 4.69. The molecule has 0 spiro atoms. The molecule has 0 aliphatic carbocycles. The summed E-state index contributed by atoms with van der Waals surface area (Å²) in [7, 11) is 0. The number of allylic oxidation sites excluding steroid dienone is 1. The number of phenols is 1. The van der Waals surface area contributed by atoms with Crippen LogP contribution in [0.2, 0.25) is 0 Å². The number of carbonyl (C=O) groups excluding carboxylic acids is 1. The first-order chi connectivity index (χ1) is 12.2. The SMILES string of the molecule is O=C(C=Cc1ccc(C#Cc2ccccc2)cc1)c1ccccc1O. The van der Waals surface area contributed by atoms with Crippen molar-refractivity contribution in [1.29, 1.82) is 0 Å². The average molecular weight is 324 g/mol. The van der Waals surface area contributed by atoms with Gasteiger partial charge in [0.1, 0.15) is 5.75 Å². The lowest BCUT2D eigenvalue weighted by Crippen LogP contribution is -1.94. The molecule has 3 rings (SSSR count). The molecule has 0 fully saturated rings. The van der Waals surface area contributed by atoms with Crippen LogP contribution in [0.25, 0.3) is 6.08 Å². The lowest BCUT2D eigenvalue weighted by molar-refractivity contribution is 0.104. The molecule has 2 nitrogen and oxygen atoms in total. The summed E-state index contributed by atoms with van der Waals surface area (Å²) >= 11 is 0. The Bertz CT molecular complexity index is 956. The van der Waals surface area contributed by atoms with Gasteiger partial charge in [0.2, 0.25) is 0 Å². The van der Waals surface area contributed by atoms with E-state index in [0.29, 0.717) is 5.56 Å². The lowest BCUT2D eigenvalue weighted by Gasteiger charge is -1.99. The van der Waals surface area contributed by atoms with E-state index < -0.39 is 0 Å². The maximum atomic E-state index is 12.1. The van der Waals surface area contributed by atoms with Gasteiger partial charge in [-0.05, 0) is 48.0 Å².